The van der Waals surface area contributed by atoms with E-state index < -0.39 is 0 Å². The number of nitrogens with zero attached hydrogens (tertiary/aromatic N) is 1. The van der Waals surface area contributed by atoms with Crippen molar-refractivity contribution in [2.45, 2.75) is 6.42 Å². The molecule has 90 valence electrons. The van der Waals surface area contributed by atoms with Crippen molar-refractivity contribution >= 4 is 5.78 Å². The van der Waals surface area contributed by atoms with Gasteiger partial charge < -0.3 is 4.74 Å². The van der Waals surface area contributed by atoms with Crippen LogP contribution in [-0.2, 0) is 11.2 Å². The third-order valence-corrected chi connectivity index (χ3v) is 2.37. The van der Waals surface area contributed by atoms with Crippen LogP contribution in [0.25, 0.3) is 0 Å². The summed E-state index contributed by atoms with van der Waals surface area (Å²) in [5, 5.41) is 0. The molecule has 0 saturated carbocycles. The fraction of sp³-hybridized carbons (Fsp3) is 0.357. The molecule has 0 bridgehead atoms. The van der Waals surface area contributed by atoms with Crippen LogP contribution in [0.4, 0.5) is 0 Å². The number of ether oxygens (including phenoxy) is 1. The van der Waals surface area contributed by atoms with Crippen molar-refractivity contribution in [3.8, 4) is 18.1 Å². The number of likely N-dealkylation sites (N-methyl/N-ethyl adjacent to an activating group) is 1. The van der Waals surface area contributed by atoms with E-state index in [0.29, 0.717) is 19.5 Å². The second-order valence-corrected chi connectivity index (χ2v) is 3.94. The lowest BCUT2D eigenvalue weighted by molar-refractivity contribution is -0.119. The van der Waals surface area contributed by atoms with Crippen molar-refractivity contribution in [1.82, 2.24) is 4.90 Å². The minimum Gasteiger partial charge on any atom is -0.497 e. The zero-order valence-corrected chi connectivity index (χ0v) is 10.3. The van der Waals surface area contributed by atoms with E-state index in [1.807, 2.05) is 36.2 Å². The van der Waals surface area contributed by atoms with Crippen molar-refractivity contribution in [2.75, 3.05) is 27.2 Å². The first-order valence-corrected chi connectivity index (χ1v) is 5.42. The van der Waals surface area contributed by atoms with Crippen LogP contribution in [-0.4, -0.2) is 37.9 Å². The molecule has 3 heteroatoms. The maximum atomic E-state index is 11.7. The molecule has 17 heavy (non-hydrogen) atoms. The largest absolute Gasteiger partial charge is 0.497 e. The summed E-state index contributed by atoms with van der Waals surface area (Å²) in [6.45, 7) is 0.880. The molecule has 1 aromatic rings. The van der Waals surface area contributed by atoms with Gasteiger partial charge in [0, 0.05) is 6.42 Å². The van der Waals surface area contributed by atoms with Gasteiger partial charge in [0.1, 0.15) is 5.75 Å². The summed E-state index contributed by atoms with van der Waals surface area (Å²) in [5.41, 5.74) is 0.991. The minimum absolute atomic E-state index is 0.160. The van der Waals surface area contributed by atoms with Crippen LogP contribution in [0, 0.1) is 12.3 Å². The van der Waals surface area contributed by atoms with Gasteiger partial charge in [-0.05, 0) is 24.7 Å². The van der Waals surface area contributed by atoms with Crippen LogP contribution < -0.4 is 4.74 Å². The maximum absolute atomic E-state index is 11.7. The van der Waals surface area contributed by atoms with Gasteiger partial charge in [-0.3, -0.25) is 9.69 Å². The molecule has 3 nitrogen and oxygen atoms in total. The van der Waals surface area contributed by atoms with E-state index in [-0.39, 0.29) is 5.78 Å². The fourth-order valence-electron chi connectivity index (χ4n) is 1.54. The molecular formula is C14H17NO2. The number of carbonyl (C=O) groups is 1. The summed E-state index contributed by atoms with van der Waals surface area (Å²) >= 11 is 0. The van der Waals surface area contributed by atoms with E-state index in [4.69, 9.17) is 11.2 Å². The van der Waals surface area contributed by atoms with Crippen molar-refractivity contribution in [3.63, 3.8) is 0 Å². The van der Waals surface area contributed by atoms with E-state index in [0.717, 1.165) is 11.3 Å². The monoisotopic (exact) mass is 231 g/mol. The first kappa shape index (κ1) is 13.3. The topological polar surface area (TPSA) is 29.5 Å². The molecule has 0 saturated heterocycles. The van der Waals surface area contributed by atoms with Gasteiger partial charge in [0.2, 0.25) is 0 Å². The highest BCUT2D eigenvalue weighted by Gasteiger charge is 2.06. The van der Waals surface area contributed by atoms with Crippen LogP contribution in [0.1, 0.15) is 5.56 Å². The number of Topliss-reactive ketones (excluding diaryl/α,β-unsaturated/α-hetero) is 1. The predicted octanol–water partition coefficient (Wildman–Crippen LogP) is 1.37. The molecule has 0 aromatic heterocycles. The van der Waals surface area contributed by atoms with Crippen molar-refractivity contribution in [1.29, 1.82) is 0 Å². The number of ketones is 1. The normalized spacial score (nSPS) is 10.0. The van der Waals surface area contributed by atoms with Crippen LogP contribution in [0.3, 0.4) is 0 Å². The highest BCUT2D eigenvalue weighted by Crippen LogP contribution is 2.11. The summed E-state index contributed by atoms with van der Waals surface area (Å²) in [5.74, 6) is 3.47. The summed E-state index contributed by atoms with van der Waals surface area (Å²) in [6, 6.07) is 7.51. The molecule has 0 spiro atoms. The molecule has 0 N–H and O–H groups in total. The number of terminal acetylenes is 1. The number of carbonyl (C=O) groups excluding carboxylic acids is 1. The van der Waals surface area contributed by atoms with E-state index in [1.165, 1.54) is 0 Å². The van der Waals surface area contributed by atoms with Crippen LogP contribution in [0.15, 0.2) is 24.3 Å². The molecule has 0 radical (unpaired) electrons. The van der Waals surface area contributed by atoms with Gasteiger partial charge >= 0.3 is 0 Å². The lowest BCUT2D eigenvalue weighted by atomic mass is 10.1. The Balaban J connectivity index is 2.48. The highest BCUT2D eigenvalue weighted by molar-refractivity contribution is 5.82. The average molecular weight is 231 g/mol. The smallest absolute Gasteiger partial charge is 0.151 e. The highest BCUT2D eigenvalue weighted by atomic mass is 16.5. The van der Waals surface area contributed by atoms with Gasteiger partial charge in [-0.15, -0.1) is 6.42 Å². The van der Waals surface area contributed by atoms with Crippen LogP contribution >= 0.6 is 0 Å². The number of rotatable bonds is 6. The average Bonchev–Trinajstić information content (AvgIpc) is 2.30. The zero-order chi connectivity index (χ0) is 12.7. The van der Waals surface area contributed by atoms with E-state index >= 15 is 0 Å². The summed E-state index contributed by atoms with van der Waals surface area (Å²) in [7, 11) is 3.46. The van der Waals surface area contributed by atoms with Gasteiger partial charge in [0.05, 0.1) is 20.2 Å². The fourth-order valence-corrected chi connectivity index (χ4v) is 1.54. The van der Waals surface area contributed by atoms with E-state index in [9.17, 15) is 4.79 Å². The zero-order valence-electron chi connectivity index (χ0n) is 10.3. The van der Waals surface area contributed by atoms with Crippen molar-refractivity contribution in [3.05, 3.63) is 29.8 Å². The Morgan fingerprint density at radius 1 is 1.41 bits per heavy atom. The molecular weight excluding hydrogens is 214 g/mol. The molecule has 0 aliphatic heterocycles. The second-order valence-electron chi connectivity index (χ2n) is 3.94. The molecule has 1 rings (SSSR count). The Labute approximate surface area is 102 Å². The lowest BCUT2D eigenvalue weighted by Crippen LogP contribution is -2.27. The van der Waals surface area contributed by atoms with Crippen molar-refractivity contribution in [2.24, 2.45) is 0 Å². The molecule has 1 aromatic carbocycles. The maximum Gasteiger partial charge on any atom is 0.151 e. The van der Waals surface area contributed by atoms with Gasteiger partial charge in [-0.25, -0.2) is 0 Å². The number of hydrogen-bond donors (Lipinski definition) is 0. The summed E-state index contributed by atoms with van der Waals surface area (Å²) in [6.07, 6.45) is 5.60. The van der Waals surface area contributed by atoms with Gasteiger partial charge in [0.25, 0.3) is 0 Å². The molecule has 0 amide bonds. The molecule has 0 aliphatic rings. The third-order valence-electron chi connectivity index (χ3n) is 2.37. The Morgan fingerprint density at radius 2 is 2.06 bits per heavy atom. The van der Waals surface area contributed by atoms with Crippen molar-refractivity contribution < 1.29 is 9.53 Å². The molecule has 0 aliphatic carbocycles. The SMILES string of the molecule is C#CCN(C)CC(=O)Cc1ccc(OC)cc1. The first-order valence-electron chi connectivity index (χ1n) is 5.42. The van der Waals surface area contributed by atoms with E-state index in [2.05, 4.69) is 5.92 Å². The molecule has 0 fully saturated rings. The number of hydrogen-bond acceptors (Lipinski definition) is 3. The molecule has 0 unspecified atom stereocenters. The van der Waals surface area contributed by atoms with Gasteiger partial charge in [-0.2, -0.15) is 0 Å². The van der Waals surface area contributed by atoms with Crippen LogP contribution in [0.2, 0.25) is 0 Å². The Hall–Kier alpha value is -1.79. The second kappa shape index (κ2) is 6.72. The van der Waals surface area contributed by atoms with E-state index in [1.54, 1.807) is 7.11 Å². The third kappa shape index (κ3) is 4.71. The Morgan fingerprint density at radius 3 is 2.59 bits per heavy atom. The lowest BCUT2D eigenvalue weighted by Gasteiger charge is -2.11. The standard InChI is InChI=1S/C14H17NO2/c1-4-9-15(2)11-13(16)10-12-5-7-14(17-3)8-6-12/h1,5-8H,9-11H2,2-3H3. The molecule has 0 heterocycles. The summed E-state index contributed by atoms with van der Waals surface area (Å²) in [4.78, 5) is 13.5. The molecule has 0 atom stereocenters. The van der Waals surface area contributed by atoms with Gasteiger partial charge in [-0.1, -0.05) is 18.1 Å². The Kier molecular flexibility index (Phi) is 5.25. The predicted molar refractivity (Wildman–Crippen MR) is 68.0 cm³/mol. The van der Waals surface area contributed by atoms with Gasteiger partial charge in [0.15, 0.2) is 5.78 Å². The Bertz CT molecular complexity index is 403. The first-order chi connectivity index (χ1) is 8.15. The number of benzene rings is 1. The summed E-state index contributed by atoms with van der Waals surface area (Å²) < 4.78 is 5.06. The minimum atomic E-state index is 0.160. The quantitative estimate of drug-likeness (QED) is 0.693. The number of methoxy groups -OCH3 is 1. The van der Waals surface area contributed by atoms with Crippen LogP contribution in [0.5, 0.6) is 5.75 Å².